The molecule has 0 bridgehead atoms. The Morgan fingerprint density at radius 1 is 1.26 bits per heavy atom. The Kier molecular flexibility index (Phi) is 3.14. The molecule has 1 heterocycles. The van der Waals surface area contributed by atoms with Gasteiger partial charge in [0.05, 0.1) is 17.8 Å². The summed E-state index contributed by atoms with van der Waals surface area (Å²) in [5.41, 5.74) is 0.874. The van der Waals surface area contributed by atoms with E-state index in [0.717, 1.165) is 0 Å². The Hall–Kier alpha value is -2.92. The molecule has 0 fully saturated rings. The van der Waals surface area contributed by atoms with Crippen LogP contribution in [0.3, 0.4) is 0 Å². The fraction of sp³-hybridized carbons (Fsp3) is 0.143. The van der Waals surface area contributed by atoms with E-state index < -0.39 is 5.78 Å². The molecule has 1 aliphatic heterocycles. The Balaban J connectivity index is 2.76. The van der Waals surface area contributed by atoms with E-state index >= 15 is 0 Å². The van der Waals surface area contributed by atoms with Gasteiger partial charge < -0.3 is 4.90 Å². The zero-order valence-corrected chi connectivity index (χ0v) is 10.2. The lowest BCUT2D eigenvalue weighted by Gasteiger charge is -2.29. The quantitative estimate of drug-likeness (QED) is 0.515. The molecule has 1 aromatic rings. The monoisotopic (exact) mass is 251 g/mol. The third-order valence-electron chi connectivity index (χ3n) is 2.90. The van der Waals surface area contributed by atoms with Crippen molar-refractivity contribution in [1.82, 2.24) is 0 Å². The lowest BCUT2D eigenvalue weighted by molar-refractivity contribution is -0.119. The van der Waals surface area contributed by atoms with Crippen molar-refractivity contribution >= 4 is 23.0 Å². The predicted molar refractivity (Wildman–Crippen MR) is 67.6 cm³/mol. The van der Waals surface area contributed by atoms with Gasteiger partial charge in [-0.2, -0.15) is 10.5 Å². The maximum absolute atomic E-state index is 12.1. The second-order valence-corrected chi connectivity index (χ2v) is 4.02. The molecule has 0 saturated heterocycles. The van der Waals surface area contributed by atoms with Gasteiger partial charge in [0.1, 0.15) is 17.7 Å². The van der Waals surface area contributed by atoms with Crippen LogP contribution in [0.1, 0.15) is 12.5 Å². The molecule has 2 rings (SSSR count). The van der Waals surface area contributed by atoms with E-state index in [4.69, 9.17) is 10.5 Å². The van der Waals surface area contributed by atoms with Gasteiger partial charge in [0.15, 0.2) is 5.78 Å². The van der Waals surface area contributed by atoms with E-state index in [0.29, 0.717) is 11.3 Å². The predicted octanol–water partition coefficient (Wildman–Crippen LogP) is 1.42. The van der Waals surface area contributed by atoms with Crippen LogP contribution in [-0.4, -0.2) is 18.2 Å². The van der Waals surface area contributed by atoms with Gasteiger partial charge in [-0.05, 0) is 6.07 Å². The van der Waals surface area contributed by atoms with Gasteiger partial charge in [-0.25, -0.2) is 0 Å². The van der Waals surface area contributed by atoms with Crippen LogP contribution >= 0.6 is 0 Å². The number of Topliss-reactive ketones (excluding diaryl/α,β-unsaturated/α-hetero) is 1. The van der Waals surface area contributed by atoms with Crippen LogP contribution in [0.4, 0.5) is 5.69 Å². The Morgan fingerprint density at radius 3 is 2.47 bits per heavy atom. The average Bonchev–Trinajstić information content (AvgIpc) is 2.41. The van der Waals surface area contributed by atoms with Crippen LogP contribution in [0.2, 0.25) is 0 Å². The van der Waals surface area contributed by atoms with Crippen molar-refractivity contribution in [2.24, 2.45) is 0 Å². The summed E-state index contributed by atoms with van der Waals surface area (Å²) in [6.07, 6.45) is 0. The highest BCUT2D eigenvalue weighted by Crippen LogP contribution is 2.34. The van der Waals surface area contributed by atoms with E-state index in [9.17, 15) is 9.59 Å². The molecule has 0 atom stereocenters. The van der Waals surface area contributed by atoms with E-state index in [1.54, 1.807) is 36.4 Å². The first kappa shape index (κ1) is 12.5. The van der Waals surface area contributed by atoms with E-state index in [1.807, 2.05) is 0 Å². The highest BCUT2D eigenvalue weighted by Gasteiger charge is 2.31. The smallest absolute Gasteiger partial charge is 0.224 e. The Bertz CT molecular complexity index is 673. The molecule has 0 saturated carbocycles. The van der Waals surface area contributed by atoms with Gasteiger partial charge in [0.2, 0.25) is 5.91 Å². The summed E-state index contributed by atoms with van der Waals surface area (Å²) in [5, 5.41) is 17.9. The number of allylic oxidation sites excluding steroid dienone is 1. The lowest BCUT2D eigenvalue weighted by Crippen LogP contribution is -2.38. The van der Waals surface area contributed by atoms with E-state index in [2.05, 4.69) is 0 Å². The lowest BCUT2D eigenvalue weighted by atomic mass is 9.91. The maximum Gasteiger partial charge on any atom is 0.224 e. The van der Waals surface area contributed by atoms with Crippen LogP contribution in [0.15, 0.2) is 29.8 Å². The van der Waals surface area contributed by atoms with Gasteiger partial charge in [0, 0.05) is 12.5 Å². The summed E-state index contributed by atoms with van der Waals surface area (Å²) in [5.74, 6) is -0.651. The number of carbonyl (C=O) groups is 2. The first-order chi connectivity index (χ1) is 9.10. The number of fused-ring (bicyclic) bond motifs is 1. The minimum absolute atomic E-state index is 0.0955. The fourth-order valence-electron chi connectivity index (χ4n) is 2.07. The molecule has 0 aliphatic carbocycles. The number of anilines is 1. The number of carbonyl (C=O) groups excluding carboxylic acids is 2. The standard InChI is InChI=1S/C14H9N3O2/c1-9(18)17-8-13(19)14(10(6-15)7-16)11-4-2-3-5-12(11)17/h2-5H,8H2,1H3. The van der Waals surface area contributed by atoms with Crippen molar-refractivity contribution in [2.45, 2.75) is 6.92 Å². The molecule has 19 heavy (non-hydrogen) atoms. The second-order valence-electron chi connectivity index (χ2n) is 4.02. The number of nitriles is 2. The van der Waals surface area contributed by atoms with E-state index in [-0.39, 0.29) is 23.6 Å². The Morgan fingerprint density at radius 2 is 1.89 bits per heavy atom. The largest absolute Gasteiger partial charge is 0.304 e. The summed E-state index contributed by atoms with van der Waals surface area (Å²) < 4.78 is 0. The minimum atomic E-state index is -0.396. The summed E-state index contributed by atoms with van der Waals surface area (Å²) in [7, 11) is 0. The number of benzene rings is 1. The number of para-hydroxylation sites is 1. The van der Waals surface area contributed by atoms with Crippen molar-refractivity contribution in [3.05, 3.63) is 35.4 Å². The molecular weight excluding hydrogens is 242 g/mol. The molecule has 1 amide bonds. The van der Waals surface area contributed by atoms with Crippen molar-refractivity contribution < 1.29 is 9.59 Å². The number of hydrogen-bond acceptors (Lipinski definition) is 4. The number of ketones is 1. The highest BCUT2D eigenvalue weighted by atomic mass is 16.2. The number of hydrogen-bond donors (Lipinski definition) is 0. The summed E-state index contributed by atoms with van der Waals surface area (Å²) >= 11 is 0. The topological polar surface area (TPSA) is 85.0 Å². The molecule has 5 heteroatoms. The van der Waals surface area contributed by atoms with Crippen molar-refractivity contribution in [2.75, 3.05) is 11.4 Å². The molecule has 0 unspecified atom stereocenters. The minimum Gasteiger partial charge on any atom is -0.304 e. The van der Waals surface area contributed by atoms with Gasteiger partial charge in [-0.1, -0.05) is 18.2 Å². The van der Waals surface area contributed by atoms with Gasteiger partial charge in [-0.3, -0.25) is 9.59 Å². The second kappa shape index (κ2) is 4.75. The van der Waals surface area contributed by atoms with Gasteiger partial charge >= 0.3 is 0 Å². The van der Waals surface area contributed by atoms with Crippen LogP contribution in [0, 0.1) is 22.7 Å². The molecule has 0 N–H and O–H groups in total. The van der Waals surface area contributed by atoms with Crippen LogP contribution < -0.4 is 4.90 Å². The van der Waals surface area contributed by atoms with Gasteiger partial charge in [-0.15, -0.1) is 0 Å². The number of nitrogens with zero attached hydrogens (tertiary/aromatic N) is 3. The first-order valence-electron chi connectivity index (χ1n) is 5.55. The zero-order valence-electron chi connectivity index (χ0n) is 10.2. The first-order valence-corrected chi connectivity index (χ1v) is 5.55. The molecule has 0 radical (unpaired) electrons. The molecule has 92 valence electrons. The number of amides is 1. The van der Waals surface area contributed by atoms with Crippen molar-refractivity contribution in [3.63, 3.8) is 0 Å². The summed E-state index contributed by atoms with van der Waals surface area (Å²) in [6, 6.07) is 10.2. The van der Waals surface area contributed by atoms with Crippen molar-refractivity contribution in [1.29, 1.82) is 10.5 Å². The third kappa shape index (κ3) is 1.98. The normalized spacial score (nSPS) is 13.3. The molecule has 0 spiro atoms. The van der Waals surface area contributed by atoms with Crippen LogP contribution in [-0.2, 0) is 9.59 Å². The molecule has 0 aromatic heterocycles. The number of rotatable bonds is 0. The molecular formula is C14H9N3O2. The molecule has 5 nitrogen and oxygen atoms in total. The fourth-order valence-corrected chi connectivity index (χ4v) is 2.07. The van der Waals surface area contributed by atoms with Crippen LogP contribution in [0.5, 0.6) is 0 Å². The van der Waals surface area contributed by atoms with Gasteiger partial charge in [0.25, 0.3) is 0 Å². The maximum atomic E-state index is 12.1. The van der Waals surface area contributed by atoms with Crippen LogP contribution in [0.25, 0.3) is 5.57 Å². The SMILES string of the molecule is CC(=O)N1CC(=O)C(=C(C#N)C#N)c2ccccc21. The summed E-state index contributed by atoms with van der Waals surface area (Å²) in [4.78, 5) is 25.0. The summed E-state index contributed by atoms with van der Waals surface area (Å²) in [6.45, 7) is 1.23. The van der Waals surface area contributed by atoms with Crippen molar-refractivity contribution in [3.8, 4) is 12.1 Å². The zero-order chi connectivity index (χ0) is 14.0. The third-order valence-corrected chi connectivity index (χ3v) is 2.90. The highest BCUT2D eigenvalue weighted by molar-refractivity contribution is 6.29. The molecule has 1 aliphatic rings. The Labute approximate surface area is 110 Å². The van der Waals surface area contributed by atoms with E-state index in [1.165, 1.54) is 11.8 Å². The average molecular weight is 251 g/mol. The molecule has 1 aromatic carbocycles.